The lowest BCUT2D eigenvalue weighted by atomic mass is 10.3. The van der Waals surface area contributed by atoms with Gasteiger partial charge in [-0.2, -0.15) is 5.06 Å². The molecule has 1 aromatic carbocycles. The zero-order chi connectivity index (χ0) is 14.7. The zero-order valence-electron chi connectivity index (χ0n) is 10.4. The summed E-state index contributed by atoms with van der Waals surface area (Å²) in [6, 6.07) is 8.42. The number of carbonyl (C=O) groups is 3. The van der Waals surface area contributed by atoms with Crippen molar-refractivity contribution in [1.29, 1.82) is 0 Å². The van der Waals surface area contributed by atoms with Gasteiger partial charge in [0, 0.05) is 0 Å². The van der Waals surface area contributed by atoms with E-state index in [9.17, 15) is 14.4 Å². The van der Waals surface area contributed by atoms with Gasteiger partial charge < -0.3 is 4.74 Å². The van der Waals surface area contributed by atoms with E-state index in [-0.39, 0.29) is 5.11 Å². The van der Waals surface area contributed by atoms with E-state index in [0.29, 0.717) is 10.8 Å². The van der Waals surface area contributed by atoms with Gasteiger partial charge in [-0.3, -0.25) is 14.4 Å². The minimum Gasteiger partial charge on any atom is -0.467 e. The van der Waals surface area contributed by atoms with E-state index in [2.05, 4.69) is 4.74 Å². The third-order valence-electron chi connectivity index (χ3n) is 2.49. The molecule has 7 nitrogen and oxygen atoms in total. The number of ether oxygens (including phenoxy) is 1. The molecule has 0 aromatic heterocycles. The van der Waals surface area contributed by atoms with E-state index >= 15 is 0 Å². The van der Waals surface area contributed by atoms with Gasteiger partial charge in [0.2, 0.25) is 5.11 Å². The van der Waals surface area contributed by atoms with E-state index < -0.39 is 24.4 Å². The van der Waals surface area contributed by atoms with Crippen molar-refractivity contribution in [1.82, 2.24) is 5.06 Å². The smallest absolute Gasteiger partial charge is 0.343 e. The first-order chi connectivity index (χ1) is 9.56. The Kier molecular flexibility index (Phi) is 4.06. The highest BCUT2D eigenvalue weighted by molar-refractivity contribution is 7.80. The van der Waals surface area contributed by atoms with E-state index in [0.717, 1.165) is 4.90 Å². The van der Waals surface area contributed by atoms with Crippen molar-refractivity contribution >= 4 is 40.8 Å². The van der Waals surface area contributed by atoms with E-state index in [1.807, 2.05) is 0 Å². The highest BCUT2D eigenvalue weighted by Crippen LogP contribution is 2.22. The second-order valence-corrected chi connectivity index (χ2v) is 4.07. The van der Waals surface area contributed by atoms with Gasteiger partial charge in [0.15, 0.2) is 6.61 Å². The molecular weight excluding hydrogens is 284 g/mol. The summed E-state index contributed by atoms with van der Waals surface area (Å²) < 4.78 is 4.38. The Labute approximate surface area is 119 Å². The van der Waals surface area contributed by atoms with E-state index in [1.165, 1.54) is 7.11 Å². The predicted octanol–water partition coefficient (Wildman–Crippen LogP) is 0.251. The van der Waals surface area contributed by atoms with Crippen LogP contribution in [-0.2, 0) is 24.0 Å². The van der Waals surface area contributed by atoms with Crippen LogP contribution in [0.4, 0.5) is 5.69 Å². The lowest BCUT2D eigenvalue weighted by Gasteiger charge is -2.17. The second-order valence-electron chi connectivity index (χ2n) is 3.71. The largest absolute Gasteiger partial charge is 0.467 e. The highest BCUT2D eigenvalue weighted by Gasteiger charge is 2.44. The Bertz CT molecular complexity index is 574. The first kappa shape index (κ1) is 14.1. The Morgan fingerprint density at radius 1 is 1.20 bits per heavy atom. The number of esters is 1. The molecule has 2 amide bonds. The SMILES string of the molecule is COC(=O)CON1C(=O)C(=O)N(c2ccccc2)C1=S. The van der Waals surface area contributed by atoms with Crippen LogP contribution in [0, 0.1) is 0 Å². The van der Waals surface area contributed by atoms with Crippen LogP contribution in [0.15, 0.2) is 30.3 Å². The number of para-hydroxylation sites is 1. The number of amides is 2. The molecular formula is C12H10N2O5S. The maximum atomic E-state index is 11.9. The molecule has 1 aliphatic rings. The molecule has 2 rings (SSSR count). The van der Waals surface area contributed by atoms with Crippen molar-refractivity contribution in [2.24, 2.45) is 0 Å². The number of carbonyl (C=O) groups excluding carboxylic acids is 3. The summed E-state index contributed by atoms with van der Waals surface area (Å²) in [7, 11) is 1.18. The minimum absolute atomic E-state index is 0.143. The van der Waals surface area contributed by atoms with Crippen molar-refractivity contribution < 1.29 is 24.0 Å². The molecule has 20 heavy (non-hydrogen) atoms. The van der Waals surface area contributed by atoms with Gasteiger partial charge in [0.1, 0.15) is 0 Å². The summed E-state index contributed by atoms with van der Waals surface area (Å²) in [5.74, 6) is -2.49. The molecule has 1 aliphatic heterocycles. The topological polar surface area (TPSA) is 76.1 Å². The number of thiocarbonyl (C=S) groups is 1. The summed E-state index contributed by atoms with van der Waals surface area (Å²) in [4.78, 5) is 40.6. The van der Waals surface area contributed by atoms with Crippen LogP contribution in [0.3, 0.4) is 0 Å². The number of hydrogen-bond donors (Lipinski definition) is 0. The van der Waals surface area contributed by atoms with Gasteiger partial charge in [0.05, 0.1) is 12.8 Å². The highest BCUT2D eigenvalue weighted by atomic mass is 32.1. The lowest BCUT2D eigenvalue weighted by molar-refractivity contribution is -0.173. The molecule has 0 bridgehead atoms. The summed E-state index contributed by atoms with van der Waals surface area (Å²) in [5.41, 5.74) is 0.444. The molecule has 0 radical (unpaired) electrons. The van der Waals surface area contributed by atoms with Crippen molar-refractivity contribution in [2.45, 2.75) is 0 Å². The van der Waals surface area contributed by atoms with Crippen LogP contribution in [0.2, 0.25) is 0 Å². The predicted molar refractivity (Wildman–Crippen MR) is 71.3 cm³/mol. The fourth-order valence-corrected chi connectivity index (χ4v) is 1.87. The number of hydroxylamine groups is 2. The van der Waals surface area contributed by atoms with Gasteiger partial charge in [-0.15, -0.1) is 0 Å². The molecule has 1 saturated heterocycles. The maximum absolute atomic E-state index is 11.9. The number of anilines is 1. The Balaban J connectivity index is 2.18. The molecule has 0 aliphatic carbocycles. The molecule has 8 heteroatoms. The summed E-state index contributed by atoms with van der Waals surface area (Å²) in [6.45, 7) is -0.516. The molecule has 1 fully saturated rings. The minimum atomic E-state index is -0.956. The van der Waals surface area contributed by atoms with Gasteiger partial charge >= 0.3 is 17.8 Å². The summed E-state index contributed by atoms with van der Waals surface area (Å²) >= 11 is 5.02. The van der Waals surface area contributed by atoms with Crippen LogP contribution in [-0.4, -0.2) is 41.7 Å². The monoisotopic (exact) mass is 294 g/mol. The average Bonchev–Trinajstić information content (AvgIpc) is 2.68. The van der Waals surface area contributed by atoms with E-state index in [1.54, 1.807) is 30.3 Å². The lowest BCUT2D eigenvalue weighted by Crippen LogP contribution is -2.34. The molecule has 0 saturated carbocycles. The molecule has 0 atom stereocenters. The number of hydrogen-bond acceptors (Lipinski definition) is 6. The maximum Gasteiger partial charge on any atom is 0.343 e. The standard InChI is InChI=1S/C12H10N2O5S/c1-18-9(15)7-19-14-11(17)10(16)13(12(14)20)8-5-3-2-4-6-8/h2-6H,7H2,1H3. The van der Waals surface area contributed by atoms with Crippen LogP contribution in [0.1, 0.15) is 0 Å². The molecule has 1 heterocycles. The van der Waals surface area contributed by atoms with Crippen molar-refractivity contribution in [3.05, 3.63) is 30.3 Å². The van der Waals surface area contributed by atoms with Gasteiger partial charge in [0.25, 0.3) is 0 Å². The number of benzene rings is 1. The van der Waals surface area contributed by atoms with Gasteiger partial charge in [-0.25, -0.2) is 9.69 Å². The molecule has 0 N–H and O–H groups in total. The Hall–Kier alpha value is -2.32. The summed E-state index contributed by atoms with van der Waals surface area (Å²) in [6.07, 6.45) is 0. The van der Waals surface area contributed by atoms with Crippen LogP contribution in [0.5, 0.6) is 0 Å². The van der Waals surface area contributed by atoms with Crippen LogP contribution in [0.25, 0.3) is 0 Å². The van der Waals surface area contributed by atoms with Gasteiger partial charge in [-0.05, 0) is 24.4 Å². The second kappa shape index (κ2) is 5.76. The number of methoxy groups -OCH3 is 1. The van der Waals surface area contributed by atoms with Crippen LogP contribution >= 0.6 is 12.2 Å². The first-order valence-corrected chi connectivity index (χ1v) is 5.94. The molecule has 0 spiro atoms. The Morgan fingerprint density at radius 3 is 2.45 bits per heavy atom. The van der Waals surface area contributed by atoms with Crippen LogP contribution < -0.4 is 4.90 Å². The number of nitrogens with zero attached hydrogens (tertiary/aromatic N) is 2. The van der Waals surface area contributed by atoms with E-state index in [4.69, 9.17) is 17.1 Å². The average molecular weight is 294 g/mol. The molecule has 0 unspecified atom stereocenters. The molecule has 104 valence electrons. The zero-order valence-corrected chi connectivity index (χ0v) is 11.3. The third-order valence-corrected chi connectivity index (χ3v) is 2.84. The fraction of sp³-hybridized carbons (Fsp3) is 0.167. The number of rotatable bonds is 4. The van der Waals surface area contributed by atoms with Crippen molar-refractivity contribution in [2.75, 3.05) is 18.6 Å². The quantitative estimate of drug-likeness (QED) is 0.450. The third kappa shape index (κ3) is 2.51. The van der Waals surface area contributed by atoms with Gasteiger partial charge in [-0.1, -0.05) is 18.2 Å². The Morgan fingerprint density at radius 2 is 1.85 bits per heavy atom. The van der Waals surface area contributed by atoms with Crippen molar-refractivity contribution in [3.8, 4) is 0 Å². The normalized spacial score (nSPS) is 14.9. The van der Waals surface area contributed by atoms with Crippen molar-refractivity contribution in [3.63, 3.8) is 0 Å². The summed E-state index contributed by atoms with van der Waals surface area (Å²) in [5, 5.41) is 0.469. The molecule has 1 aromatic rings. The fourth-order valence-electron chi connectivity index (χ4n) is 1.54. The first-order valence-electron chi connectivity index (χ1n) is 5.53.